The Morgan fingerprint density at radius 3 is 2.24 bits per heavy atom. The average molecular weight is 477 g/mol. The number of hydrogen-bond donors (Lipinski definition) is 1. The van der Waals surface area contributed by atoms with E-state index >= 15 is 0 Å². The molecule has 1 unspecified atom stereocenters. The molecule has 4 nitrogen and oxygen atoms in total. The van der Waals surface area contributed by atoms with Crippen molar-refractivity contribution in [3.8, 4) is 0 Å². The van der Waals surface area contributed by atoms with Gasteiger partial charge in [0.2, 0.25) is 11.8 Å². The maximum atomic E-state index is 13.7. The van der Waals surface area contributed by atoms with E-state index in [-0.39, 0.29) is 18.2 Å². The number of carbonyl (C=O) groups is 2. The highest BCUT2D eigenvalue weighted by Crippen LogP contribution is 2.21. The molecule has 3 rings (SSSR count). The summed E-state index contributed by atoms with van der Waals surface area (Å²) in [6, 6.07) is 24.6. The van der Waals surface area contributed by atoms with Crippen LogP contribution in [-0.2, 0) is 29.0 Å². The number of carbonyl (C=O) groups excluding carboxylic acids is 2. The summed E-state index contributed by atoms with van der Waals surface area (Å²) < 4.78 is 0. The van der Waals surface area contributed by atoms with Crippen LogP contribution in [0.5, 0.6) is 0 Å². The lowest BCUT2D eigenvalue weighted by Gasteiger charge is -2.32. The van der Waals surface area contributed by atoms with Gasteiger partial charge in [0.05, 0.1) is 6.42 Å². The summed E-state index contributed by atoms with van der Waals surface area (Å²) in [6.07, 6.45) is 2.47. The summed E-state index contributed by atoms with van der Waals surface area (Å²) in [7, 11) is 0. The van der Waals surface area contributed by atoms with Gasteiger partial charge in [0.25, 0.3) is 0 Å². The lowest BCUT2D eigenvalue weighted by molar-refractivity contribution is -0.140. The Morgan fingerprint density at radius 1 is 0.912 bits per heavy atom. The van der Waals surface area contributed by atoms with E-state index in [0.29, 0.717) is 24.5 Å². The second kappa shape index (κ2) is 13.0. The highest BCUT2D eigenvalue weighted by Gasteiger charge is 2.30. The largest absolute Gasteiger partial charge is 0.354 e. The zero-order valence-corrected chi connectivity index (χ0v) is 20.7. The number of rotatable bonds is 11. The van der Waals surface area contributed by atoms with E-state index in [1.165, 1.54) is 0 Å². The molecule has 0 fully saturated rings. The van der Waals surface area contributed by atoms with Gasteiger partial charge in [-0.2, -0.15) is 0 Å². The van der Waals surface area contributed by atoms with Gasteiger partial charge in [-0.1, -0.05) is 97.7 Å². The molecule has 2 amide bonds. The van der Waals surface area contributed by atoms with E-state index in [4.69, 9.17) is 11.6 Å². The highest BCUT2D eigenvalue weighted by atomic mass is 35.5. The van der Waals surface area contributed by atoms with E-state index in [0.717, 1.165) is 35.1 Å². The minimum Gasteiger partial charge on any atom is -0.354 e. The van der Waals surface area contributed by atoms with Crippen molar-refractivity contribution in [2.24, 2.45) is 0 Å². The molecule has 3 aromatic rings. The topological polar surface area (TPSA) is 49.4 Å². The number of nitrogens with one attached hydrogen (secondary N) is 1. The van der Waals surface area contributed by atoms with Crippen molar-refractivity contribution in [3.63, 3.8) is 0 Å². The normalized spacial score (nSPS) is 11.6. The van der Waals surface area contributed by atoms with Crippen molar-refractivity contribution in [2.45, 2.75) is 52.1 Å². The van der Waals surface area contributed by atoms with Crippen molar-refractivity contribution in [1.29, 1.82) is 0 Å². The fourth-order valence-corrected chi connectivity index (χ4v) is 4.14. The maximum Gasteiger partial charge on any atom is 0.243 e. The number of amides is 2. The van der Waals surface area contributed by atoms with Crippen LogP contribution in [0.1, 0.15) is 42.0 Å². The van der Waals surface area contributed by atoms with Crippen LogP contribution in [0, 0.1) is 6.92 Å². The van der Waals surface area contributed by atoms with Gasteiger partial charge >= 0.3 is 0 Å². The molecule has 0 bridgehead atoms. The lowest BCUT2D eigenvalue weighted by atomic mass is 10.0. The number of unbranched alkanes of at least 4 members (excludes halogenated alkanes) is 1. The van der Waals surface area contributed by atoms with Crippen LogP contribution in [0.4, 0.5) is 0 Å². The quantitative estimate of drug-likeness (QED) is 0.358. The lowest BCUT2D eigenvalue weighted by Crippen LogP contribution is -2.51. The Bertz CT molecular complexity index is 1080. The van der Waals surface area contributed by atoms with Crippen molar-refractivity contribution >= 4 is 23.4 Å². The zero-order valence-electron chi connectivity index (χ0n) is 20.0. The van der Waals surface area contributed by atoms with E-state index in [1.54, 1.807) is 11.0 Å². The monoisotopic (exact) mass is 476 g/mol. The zero-order chi connectivity index (χ0) is 24.3. The number of benzene rings is 3. The molecule has 1 N–H and O–H groups in total. The van der Waals surface area contributed by atoms with Gasteiger partial charge in [-0.05, 0) is 41.7 Å². The molecule has 1 atom stereocenters. The fourth-order valence-electron chi connectivity index (χ4n) is 3.94. The first-order chi connectivity index (χ1) is 16.5. The van der Waals surface area contributed by atoms with Crippen molar-refractivity contribution in [2.75, 3.05) is 6.54 Å². The summed E-state index contributed by atoms with van der Waals surface area (Å²) in [4.78, 5) is 28.9. The molecule has 0 aliphatic rings. The maximum absolute atomic E-state index is 13.7. The molecule has 178 valence electrons. The van der Waals surface area contributed by atoms with Gasteiger partial charge < -0.3 is 10.2 Å². The van der Waals surface area contributed by atoms with Crippen LogP contribution in [-0.4, -0.2) is 29.3 Å². The summed E-state index contributed by atoms with van der Waals surface area (Å²) in [6.45, 7) is 5.07. The smallest absolute Gasteiger partial charge is 0.243 e. The first kappa shape index (κ1) is 25.5. The molecule has 0 saturated heterocycles. The average Bonchev–Trinajstić information content (AvgIpc) is 2.84. The van der Waals surface area contributed by atoms with Gasteiger partial charge in [-0.3, -0.25) is 9.59 Å². The predicted octanol–water partition coefficient (Wildman–Crippen LogP) is 5.75. The Kier molecular flexibility index (Phi) is 9.72. The van der Waals surface area contributed by atoms with Gasteiger partial charge in [-0.25, -0.2) is 0 Å². The number of hydrogen-bond acceptors (Lipinski definition) is 2. The number of nitrogens with zero attached hydrogens (tertiary/aromatic N) is 1. The summed E-state index contributed by atoms with van der Waals surface area (Å²) >= 11 is 6.36. The number of aryl methyl sites for hydroxylation is 1. The van der Waals surface area contributed by atoms with Crippen molar-refractivity contribution in [3.05, 3.63) is 106 Å². The van der Waals surface area contributed by atoms with Crippen LogP contribution in [0.25, 0.3) is 0 Å². The minimum absolute atomic E-state index is 0.122. The summed E-state index contributed by atoms with van der Waals surface area (Å²) in [5, 5.41) is 3.61. The standard InChI is InChI=1S/C29H33ClN2O2/c1-3-4-18-31-29(34)27(19-23-13-6-5-7-14-23)32(21-25-16-9-8-12-22(25)2)28(33)20-24-15-10-11-17-26(24)30/h5-17,27H,3-4,18-21H2,1-2H3,(H,31,34). The SMILES string of the molecule is CCCCNC(=O)C(Cc1ccccc1)N(Cc1ccccc1C)C(=O)Cc1ccccc1Cl. The van der Waals surface area contributed by atoms with Crippen LogP contribution in [0.3, 0.4) is 0 Å². The Morgan fingerprint density at radius 2 is 1.56 bits per heavy atom. The molecule has 0 saturated carbocycles. The second-order valence-electron chi connectivity index (χ2n) is 8.57. The van der Waals surface area contributed by atoms with Crippen LogP contribution >= 0.6 is 11.6 Å². The van der Waals surface area contributed by atoms with Gasteiger partial charge in [0.1, 0.15) is 6.04 Å². The third kappa shape index (κ3) is 7.19. The van der Waals surface area contributed by atoms with E-state index < -0.39 is 6.04 Å². The Hall–Kier alpha value is -3.11. The molecular weight excluding hydrogens is 444 g/mol. The van der Waals surface area contributed by atoms with E-state index in [2.05, 4.69) is 12.2 Å². The van der Waals surface area contributed by atoms with Gasteiger partial charge in [0.15, 0.2) is 0 Å². The van der Waals surface area contributed by atoms with Gasteiger partial charge in [-0.15, -0.1) is 0 Å². The molecule has 0 aliphatic carbocycles. The van der Waals surface area contributed by atoms with Gasteiger partial charge in [0, 0.05) is 24.5 Å². The Balaban J connectivity index is 1.96. The van der Waals surface area contributed by atoms with Crippen molar-refractivity contribution < 1.29 is 9.59 Å². The molecule has 3 aromatic carbocycles. The molecule has 34 heavy (non-hydrogen) atoms. The molecule has 0 aromatic heterocycles. The van der Waals surface area contributed by atoms with E-state index in [1.807, 2.05) is 79.7 Å². The predicted molar refractivity (Wildman–Crippen MR) is 139 cm³/mol. The Labute approximate surface area is 207 Å². The molecule has 5 heteroatoms. The first-order valence-corrected chi connectivity index (χ1v) is 12.3. The first-order valence-electron chi connectivity index (χ1n) is 11.9. The second-order valence-corrected chi connectivity index (χ2v) is 8.97. The molecular formula is C29H33ClN2O2. The molecule has 0 aliphatic heterocycles. The third-order valence-electron chi connectivity index (χ3n) is 6.00. The fraction of sp³-hybridized carbons (Fsp3) is 0.310. The molecule has 0 spiro atoms. The molecule has 0 heterocycles. The molecule has 0 radical (unpaired) electrons. The number of halogens is 1. The summed E-state index contributed by atoms with van der Waals surface area (Å²) in [5.74, 6) is -0.249. The summed E-state index contributed by atoms with van der Waals surface area (Å²) in [5.41, 5.74) is 3.88. The minimum atomic E-state index is -0.631. The van der Waals surface area contributed by atoms with Crippen LogP contribution < -0.4 is 5.32 Å². The highest BCUT2D eigenvalue weighted by molar-refractivity contribution is 6.31. The van der Waals surface area contributed by atoms with Crippen molar-refractivity contribution in [1.82, 2.24) is 10.2 Å². The van der Waals surface area contributed by atoms with E-state index in [9.17, 15) is 9.59 Å². The van der Waals surface area contributed by atoms with Crippen LogP contribution in [0.15, 0.2) is 78.9 Å². The van der Waals surface area contributed by atoms with Crippen LogP contribution in [0.2, 0.25) is 5.02 Å². The third-order valence-corrected chi connectivity index (χ3v) is 6.37.